The third-order valence-electron chi connectivity index (χ3n) is 21.9. The highest BCUT2D eigenvalue weighted by Gasteiger charge is 2.43. The van der Waals surface area contributed by atoms with Crippen molar-refractivity contribution in [2.75, 3.05) is 19.6 Å². The van der Waals surface area contributed by atoms with Gasteiger partial charge in [0.1, 0.15) is 6.04 Å². The van der Waals surface area contributed by atoms with Crippen LogP contribution >= 0.6 is 0 Å². The lowest BCUT2D eigenvalue weighted by atomic mass is 9.61. The fraction of sp³-hybridized carbons (Fsp3) is 0.883. The second kappa shape index (κ2) is 46.3. The SMILES string of the molecule is C=C(C)C(=O)N(CCCCCCCCC1C(C)CCC(CCCCCC)C1CCCCCCCC)C1CC(=O)N(CCCCCCCCC2C(CCCCCCCCN3C(=O)C=CC3=O)CCC(CCCCCC)C2CCCCCCCC)C1=O. The van der Waals surface area contributed by atoms with Crippen LogP contribution in [-0.4, -0.2) is 69.9 Å². The van der Waals surface area contributed by atoms with E-state index < -0.39 is 6.04 Å². The average molecular weight is 1180 g/mol. The van der Waals surface area contributed by atoms with Gasteiger partial charge in [-0.3, -0.25) is 33.8 Å². The first kappa shape index (κ1) is 74.7. The summed E-state index contributed by atoms with van der Waals surface area (Å²) in [6, 6.07) is -0.700. The maximum atomic E-state index is 14.0. The van der Waals surface area contributed by atoms with Gasteiger partial charge in [-0.1, -0.05) is 292 Å². The lowest BCUT2D eigenvalue weighted by Gasteiger charge is -2.44. The molecule has 490 valence electrons. The molecule has 0 aromatic carbocycles. The summed E-state index contributed by atoms with van der Waals surface area (Å²) in [6.07, 6.45) is 66.8. The summed E-state index contributed by atoms with van der Waals surface area (Å²) in [5.74, 6) is 6.26. The molecule has 2 heterocycles. The molecule has 5 amide bonds. The molecule has 85 heavy (non-hydrogen) atoms. The molecule has 3 fully saturated rings. The first-order valence-corrected chi connectivity index (χ1v) is 37.8. The molecule has 2 saturated carbocycles. The van der Waals surface area contributed by atoms with E-state index in [-0.39, 0.29) is 36.0 Å². The number of unbranched alkanes of at least 4 members (excludes halogenated alkanes) is 31. The van der Waals surface area contributed by atoms with Crippen LogP contribution in [0, 0.1) is 47.3 Å². The predicted octanol–water partition coefficient (Wildman–Crippen LogP) is 21.6. The Labute approximate surface area is 525 Å². The monoisotopic (exact) mass is 1180 g/mol. The van der Waals surface area contributed by atoms with E-state index in [9.17, 15) is 24.0 Å². The van der Waals surface area contributed by atoms with Crippen LogP contribution in [0.25, 0.3) is 0 Å². The highest BCUT2D eigenvalue weighted by Crippen LogP contribution is 2.49. The molecule has 0 spiro atoms. The number of carbonyl (C=O) groups is 5. The lowest BCUT2D eigenvalue weighted by Crippen LogP contribution is -2.46. The molecule has 4 rings (SSSR count). The topological polar surface area (TPSA) is 95.1 Å². The number of hydrogen-bond acceptors (Lipinski definition) is 5. The highest BCUT2D eigenvalue weighted by molar-refractivity contribution is 6.12. The zero-order valence-electron chi connectivity index (χ0n) is 56.9. The Hall–Kier alpha value is -2.77. The van der Waals surface area contributed by atoms with Crippen LogP contribution in [0.3, 0.4) is 0 Å². The molecular weight excluding hydrogens is 1050 g/mol. The Morgan fingerprint density at radius 1 is 0.424 bits per heavy atom. The van der Waals surface area contributed by atoms with Crippen molar-refractivity contribution in [1.29, 1.82) is 0 Å². The van der Waals surface area contributed by atoms with Gasteiger partial charge in [0.25, 0.3) is 17.7 Å². The van der Waals surface area contributed by atoms with Crippen LogP contribution in [0.4, 0.5) is 0 Å². The molecule has 4 aliphatic rings. The molecule has 1 saturated heterocycles. The lowest BCUT2D eigenvalue weighted by molar-refractivity contribution is -0.143. The summed E-state index contributed by atoms with van der Waals surface area (Å²) >= 11 is 0. The molecule has 8 heteroatoms. The minimum Gasteiger partial charge on any atom is -0.326 e. The van der Waals surface area contributed by atoms with Crippen LogP contribution in [0.15, 0.2) is 24.3 Å². The molecule has 9 unspecified atom stereocenters. The fourth-order valence-electron chi connectivity index (χ4n) is 16.7. The van der Waals surface area contributed by atoms with E-state index in [2.05, 4.69) is 41.2 Å². The molecule has 2 aliphatic carbocycles. The third-order valence-corrected chi connectivity index (χ3v) is 21.9. The Morgan fingerprint density at radius 2 is 0.741 bits per heavy atom. The molecule has 8 nitrogen and oxygen atoms in total. The van der Waals surface area contributed by atoms with Crippen molar-refractivity contribution in [3.63, 3.8) is 0 Å². The normalized spacial score (nSPS) is 23.5. The summed E-state index contributed by atoms with van der Waals surface area (Å²) in [4.78, 5) is 69.5. The third kappa shape index (κ3) is 28.7. The van der Waals surface area contributed by atoms with Crippen molar-refractivity contribution in [1.82, 2.24) is 14.7 Å². The first-order valence-electron chi connectivity index (χ1n) is 37.8. The van der Waals surface area contributed by atoms with Gasteiger partial charge in [-0.05, 0) is 118 Å². The molecule has 0 radical (unpaired) electrons. The van der Waals surface area contributed by atoms with Gasteiger partial charge in [0.2, 0.25) is 11.8 Å². The molecule has 0 aromatic rings. The smallest absolute Gasteiger partial charge is 0.253 e. The number of imide groups is 2. The summed E-state index contributed by atoms with van der Waals surface area (Å²) in [5.41, 5.74) is 0.439. The van der Waals surface area contributed by atoms with E-state index in [4.69, 9.17) is 0 Å². The van der Waals surface area contributed by atoms with E-state index in [1.807, 2.05) is 0 Å². The Kier molecular flexibility index (Phi) is 40.7. The average Bonchev–Trinajstić information content (AvgIpc) is 4.00. The van der Waals surface area contributed by atoms with Gasteiger partial charge in [0, 0.05) is 37.4 Å². The molecule has 2 aliphatic heterocycles. The number of likely N-dealkylation sites (tertiary alicyclic amines) is 1. The standard InChI is InChI=1S/C77H137N3O5/c1-8-12-16-20-29-40-50-69-65(46-36-18-14-10-3)54-53-64(7)68(69)49-39-31-23-26-33-43-59-78(76(84)63(5)6)72-62-75(83)80(77(72)85)61-45-35-27-24-32-42-52-71-67(48-38-28-22-25-34-44-60-79-73(81)57-58-74(79)82)56-55-66(47-37-19-15-11-4)70(71)51-41-30-21-17-13-9-2/h57-58,64-72H,5,8-56,59-62H2,1-4,6-7H3. The van der Waals surface area contributed by atoms with Gasteiger partial charge < -0.3 is 4.90 Å². The molecule has 9 atom stereocenters. The molecule has 0 N–H and O–H groups in total. The van der Waals surface area contributed by atoms with Crippen LogP contribution in [-0.2, 0) is 24.0 Å². The molecule has 0 aromatic heterocycles. The van der Waals surface area contributed by atoms with E-state index in [0.29, 0.717) is 25.2 Å². The van der Waals surface area contributed by atoms with E-state index in [0.717, 1.165) is 98.7 Å². The van der Waals surface area contributed by atoms with Gasteiger partial charge in [0.05, 0.1) is 6.42 Å². The Balaban J connectivity index is 1.19. The van der Waals surface area contributed by atoms with Crippen LogP contribution < -0.4 is 0 Å². The second-order valence-electron chi connectivity index (χ2n) is 28.7. The zero-order chi connectivity index (χ0) is 61.3. The van der Waals surface area contributed by atoms with Gasteiger partial charge in [-0.2, -0.15) is 0 Å². The van der Waals surface area contributed by atoms with E-state index >= 15 is 0 Å². The van der Waals surface area contributed by atoms with Crippen LogP contribution in [0.2, 0.25) is 0 Å². The van der Waals surface area contributed by atoms with Crippen molar-refractivity contribution in [2.24, 2.45) is 47.3 Å². The first-order chi connectivity index (χ1) is 41.5. The highest BCUT2D eigenvalue weighted by atomic mass is 16.2. The predicted molar refractivity (Wildman–Crippen MR) is 360 cm³/mol. The quantitative estimate of drug-likeness (QED) is 0.0343. The number of rotatable bonds is 53. The van der Waals surface area contributed by atoms with Gasteiger partial charge >= 0.3 is 0 Å². The van der Waals surface area contributed by atoms with Gasteiger partial charge in [0.15, 0.2) is 0 Å². The maximum Gasteiger partial charge on any atom is 0.253 e. The molecule has 0 bridgehead atoms. The number of hydrogen-bond donors (Lipinski definition) is 0. The largest absolute Gasteiger partial charge is 0.326 e. The number of carbonyl (C=O) groups excluding carboxylic acids is 5. The summed E-state index contributed by atoms with van der Waals surface area (Å²) in [5, 5.41) is 0. The summed E-state index contributed by atoms with van der Waals surface area (Å²) < 4.78 is 0. The Morgan fingerprint density at radius 3 is 1.15 bits per heavy atom. The van der Waals surface area contributed by atoms with Gasteiger partial charge in [-0.25, -0.2) is 0 Å². The van der Waals surface area contributed by atoms with Crippen molar-refractivity contribution in [3.05, 3.63) is 24.3 Å². The minimum absolute atomic E-state index is 0.101. The number of amides is 5. The van der Waals surface area contributed by atoms with E-state index in [1.54, 1.807) is 11.8 Å². The fourth-order valence-corrected chi connectivity index (χ4v) is 16.7. The maximum absolute atomic E-state index is 14.0. The summed E-state index contributed by atoms with van der Waals surface area (Å²) in [7, 11) is 0. The van der Waals surface area contributed by atoms with Crippen molar-refractivity contribution < 1.29 is 24.0 Å². The van der Waals surface area contributed by atoms with Crippen molar-refractivity contribution >= 4 is 29.5 Å². The van der Waals surface area contributed by atoms with Crippen LogP contribution in [0.5, 0.6) is 0 Å². The minimum atomic E-state index is -0.700. The summed E-state index contributed by atoms with van der Waals surface area (Å²) in [6.45, 7) is 19.1. The molecular formula is C77H137N3O5. The van der Waals surface area contributed by atoms with Crippen LogP contribution in [0.1, 0.15) is 363 Å². The number of nitrogens with zero attached hydrogens (tertiary/aromatic N) is 3. The van der Waals surface area contributed by atoms with Gasteiger partial charge in [-0.15, -0.1) is 0 Å². The zero-order valence-corrected chi connectivity index (χ0v) is 56.9. The van der Waals surface area contributed by atoms with Crippen molar-refractivity contribution in [2.45, 2.75) is 369 Å². The van der Waals surface area contributed by atoms with Crippen molar-refractivity contribution in [3.8, 4) is 0 Å². The second-order valence-corrected chi connectivity index (χ2v) is 28.7. The Bertz CT molecular complexity index is 1830. The van der Waals surface area contributed by atoms with E-state index in [1.165, 1.54) is 285 Å².